The van der Waals surface area contributed by atoms with Gasteiger partial charge in [0.1, 0.15) is 11.8 Å². The first kappa shape index (κ1) is 6.90. The van der Waals surface area contributed by atoms with E-state index in [-0.39, 0.29) is 11.8 Å². The van der Waals surface area contributed by atoms with E-state index >= 15 is 0 Å². The van der Waals surface area contributed by atoms with E-state index in [0.717, 1.165) is 0 Å². The predicted molar refractivity (Wildman–Crippen MR) is 40.9 cm³/mol. The molecule has 12 heavy (non-hydrogen) atoms. The lowest BCUT2D eigenvalue weighted by Gasteiger charge is -2.06. The summed E-state index contributed by atoms with van der Waals surface area (Å²) in [5, 5.41) is 16.0. The molecule has 1 N–H and O–H groups in total. The Morgan fingerprint density at radius 2 is 2.42 bits per heavy atom. The van der Waals surface area contributed by atoms with Crippen molar-refractivity contribution in [2.24, 2.45) is 15.2 Å². The summed E-state index contributed by atoms with van der Waals surface area (Å²) >= 11 is 0. The average Bonchev–Trinajstić information content (AvgIpc) is 2.49. The monoisotopic (exact) mass is 163 g/mol. The maximum atomic E-state index is 10.5. The highest BCUT2D eigenvalue weighted by atomic mass is 16.4. The Kier molecular flexibility index (Phi) is 1.36. The number of aliphatic imine (C=N–C) groups is 1. The van der Waals surface area contributed by atoms with Crippen LogP contribution in [0.3, 0.4) is 0 Å². The van der Waals surface area contributed by atoms with Crippen molar-refractivity contribution in [3.8, 4) is 0 Å². The number of dihydropyridines is 1. The minimum Gasteiger partial charge on any atom is -0.477 e. The average molecular weight is 163 g/mol. The zero-order chi connectivity index (χ0) is 8.55. The lowest BCUT2D eigenvalue weighted by atomic mass is 10.1. The maximum Gasteiger partial charge on any atom is 0.354 e. The number of fused-ring (bicyclic) bond motifs is 1. The summed E-state index contributed by atoms with van der Waals surface area (Å²) in [6, 6.07) is -0.173. The number of hydrogen-bond donors (Lipinski definition) is 1. The van der Waals surface area contributed by atoms with Crippen molar-refractivity contribution < 1.29 is 9.90 Å². The fourth-order valence-electron chi connectivity index (χ4n) is 1.01. The van der Waals surface area contributed by atoms with E-state index in [1.54, 1.807) is 6.08 Å². The topological polar surface area (TPSA) is 74.4 Å². The number of nitrogens with zero attached hydrogens (tertiary/aromatic N) is 3. The molecule has 0 aliphatic carbocycles. The summed E-state index contributed by atoms with van der Waals surface area (Å²) in [5.41, 5.74) is 0.625. The van der Waals surface area contributed by atoms with Crippen LogP contribution in [0.1, 0.15) is 0 Å². The molecule has 0 bridgehead atoms. The van der Waals surface area contributed by atoms with Crippen LogP contribution in [0, 0.1) is 0 Å². The third-order valence-corrected chi connectivity index (χ3v) is 1.59. The van der Waals surface area contributed by atoms with Crippen LogP contribution in [0.25, 0.3) is 0 Å². The lowest BCUT2D eigenvalue weighted by molar-refractivity contribution is -0.129. The smallest absolute Gasteiger partial charge is 0.354 e. The van der Waals surface area contributed by atoms with Crippen LogP contribution in [0.2, 0.25) is 0 Å². The van der Waals surface area contributed by atoms with Gasteiger partial charge in [-0.05, 0) is 12.2 Å². The molecule has 2 heterocycles. The van der Waals surface area contributed by atoms with E-state index < -0.39 is 5.97 Å². The van der Waals surface area contributed by atoms with Gasteiger partial charge < -0.3 is 5.11 Å². The normalized spacial score (nSPS) is 24.8. The van der Waals surface area contributed by atoms with Crippen LogP contribution in [0.15, 0.2) is 39.3 Å². The summed E-state index contributed by atoms with van der Waals surface area (Å²) < 4.78 is 0. The Hall–Kier alpha value is -1.78. The van der Waals surface area contributed by atoms with Crippen LogP contribution < -0.4 is 0 Å². The van der Waals surface area contributed by atoms with Gasteiger partial charge in [0, 0.05) is 0 Å². The second kappa shape index (κ2) is 2.37. The standard InChI is InChI=1S/C7H5N3O2/c11-7(12)5-2-1-4-6(9-5)3-8-10-4/h1-4H,(H,11,12)/t4-/m0/s1. The SMILES string of the molecule is O=C(O)C1=NC2=CN=N[C@H]2C=C1. The van der Waals surface area contributed by atoms with E-state index in [2.05, 4.69) is 15.2 Å². The summed E-state index contributed by atoms with van der Waals surface area (Å²) in [6.07, 6.45) is 4.57. The molecular weight excluding hydrogens is 158 g/mol. The summed E-state index contributed by atoms with van der Waals surface area (Å²) in [4.78, 5) is 14.3. The molecule has 0 saturated carbocycles. The number of carboxylic acid groups (broad SMARTS) is 1. The number of aliphatic carboxylic acids is 1. The number of rotatable bonds is 1. The van der Waals surface area contributed by atoms with Gasteiger partial charge in [0.2, 0.25) is 0 Å². The van der Waals surface area contributed by atoms with E-state index in [9.17, 15) is 4.79 Å². The largest absolute Gasteiger partial charge is 0.477 e. The van der Waals surface area contributed by atoms with Crippen LogP contribution in [-0.4, -0.2) is 22.8 Å². The van der Waals surface area contributed by atoms with Crippen molar-refractivity contribution in [1.29, 1.82) is 0 Å². The fraction of sp³-hybridized carbons (Fsp3) is 0.143. The van der Waals surface area contributed by atoms with Gasteiger partial charge in [-0.3, -0.25) is 0 Å². The van der Waals surface area contributed by atoms with Gasteiger partial charge in [-0.1, -0.05) is 0 Å². The molecule has 0 unspecified atom stereocenters. The molecule has 2 rings (SSSR count). The van der Waals surface area contributed by atoms with Crippen LogP contribution in [0.4, 0.5) is 0 Å². The van der Waals surface area contributed by atoms with E-state index in [1.807, 2.05) is 0 Å². The molecule has 60 valence electrons. The van der Waals surface area contributed by atoms with Crippen LogP contribution >= 0.6 is 0 Å². The van der Waals surface area contributed by atoms with Crippen molar-refractivity contribution >= 4 is 11.7 Å². The molecule has 0 aromatic carbocycles. The van der Waals surface area contributed by atoms with Gasteiger partial charge in [-0.2, -0.15) is 10.2 Å². The molecule has 0 amide bonds. The number of azo groups is 1. The van der Waals surface area contributed by atoms with Crippen molar-refractivity contribution in [3.63, 3.8) is 0 Å². The van der Waals surface area contributed by atoms with Gasteiger partial charge in [0.15, 0.2) is 0 Å². The Morgan fingerprint density at radius 1 is 1.58 bits per heavy atom. The molecule has 2 aliphatic rings. The van der Waals surface area contributed by atoms with Gasteiger partial charge in [0.05, 0.1) is 11.9 Å². The maximum absolute atomic E-state index is 10.5. The van der Waals surface area contributed by atoms with Crippen LogP contribution in [0.5, 0.6) is 0 Å². The molecule has 0 aromatic heterocycles. The van der Waals surface area contributed by atoms with Crippen molar-refractivity contribution in [3.05, 3.63) is 24.0 Å². The second-order valence-corrected chi connectivity index (χ2v) is 2.39. The Morgan fingerprint density at radius 3 is 3.17 bits per heavy atom. The third kappa shape index (κ3) is 0.952. The van der Waals surface area contributed by atoms with E-state index in [0.29, 0.717) is 5.70 Å². The highest BCUT2D eigenvalue weighted by molar-refractivity contribution is 6.40. The summed E-state index contributed by atoms with van der Waals surface area (Å²) in [7, 11) is 0. The van der Waals surface area contributed by atoms with Gasteiger partial charge in [-0.25, -0.2) is 9.79 Å². The fourth-order valence-corrected chi connectivity index (χ4v) is 1.01. The Balaban J connectivity index is 2.34. The first-order valence-corrected chi connectivity index (χ1v) is 3.37. The van der Waals surface area contributed by atoms with Gasteiger partial charge in [-0.15, -0.1) is 0 Å². The first-order valence-electron chi connectivity index (χ1n) is 3.37. The molecule has 2 aliphatic heterocycles. The van der Waals surface area contributed by atoms with Gasteiger partial charge in [0.25, 0.3) is 0 Å². The second-order valence-electron chi connectivity index (χ2n) is 2.39. The third-order valence-electron chi connectivity index (χ3n) is 1.59. The molecule has 5 nitrogen and oxygen atoms in total. The van der Waals surface area contributed by atoms with E-state index in [4.69, 9.17) is 5.11 Å². The molecule has 5 heteroatoms. The zero-order valence-electron chi connectivity index (χ0n) is 6.01. The molecule has 0 fully saturated rings. The quantitative estimate of drug-likeness (QED) is 0.619. The summed E-state index contributed by atoms with van der Waals surface area (Å²) in [6.45, 7) is 0. The zero-order valence-corrected chi connectivity index (χ0v) is 6.01. The molecular formula is C7H5N3O2. The highest BCUT2D eigenvalue weighted by Gasteiger charge is 2.20. The van der Waals surface area contributed by atoms with Crippen molar-refractivity contribution in [2.45, 2.75) is 6.04 Å². The predicted octanol–water partition coefficient (Wildman–Crippen LogP) is 0.758. The molecule has 0 aromatic rings. The number of hydrogen-bond acceptors (Lipinski definition) is 4. The molecule has 0 saturated heterocycles. The Labute approximate surface area is 67.8 Å². The minimum absolute atomic E-state index is 0.0322. The Bertz CT molecular complexity index is 352. The number of carbonyl (C=O) groups is 1. The van der Waals surface area contributed by atoms with Crippen LogP contribution in [-0.2, 0) is 4.79 Å². The van der Waals surface area contributed by atoms with Crippen molar-refractivity contribution in [2.75, 3.05) is 0 Å². The highest BCUT2D eigenvalue weighted by Crippen LogP contribution is 2.20. The number of carboxylic acids is 1. The molecule has 0 spiro atoms. The lowest BCUT2D eigenvalue weighted by Crippen LogP contribution is -2.16. The van der Waals surface area contributed by atoms with Gasteiger partial charge >= 0.3 is 5.97 Å². The molecule has 1 atom stereocenters. The van der Waals surface area contributed by atoms with Crippen molar-refractivity contribution in [1.82, 2.24) is 0 Å². The first-order chi connectivity index (χ1) is 5.77. The van der Waals surface area contributed by atoms with E-state index in [1.165, 1.54) is 12.3 Å². The molecule has 0 radical (unpaired) electrons. The summed E-state index contributed by atoms with van der Waals surface area (Å²) in [5.74, 6) is -1.03. The minimum atomic E-state index is -1.03.